The van der Waals surface area contributed by atoms with Gasteiger partial charge in [-0.15, -0.1) is 0 Å². The lowest BCUT2D eigenvalue weighted by Crippen LogP contribution is -2.14. The average Bonchev–Trinajstić information content (AvgIpc) is 1.82. The van der Waals surface area contributed by atoms with Crippen molar-refractivity contribution in [2.45, 2.75) is 26.7 Å². The molecule has 0 spiro atoms. The third-order valence-corrected chi connectivity index (χ3v) is 1.62. The molecule has 0 aliphatic heterocycles. The zero-order valence-electron chi connectivity index (χ0n) is 6.48. The lowest BCUT2D eigenvalue weighted by atomic mass is 9.97. The van der Waals surface area contributed by atoms with Gasteiger partial charge in [0.1, 0.15) is 0 Å². The molecule has 0 bridgehead atoms. The maximum absolute atomic E-state index is 5.50. The molecule has 0 aromatic rings. The fourth-order valence-electron chi connectivity index (χ4n) is 0.914. The van der Waals surface area contributed by atoms with Gasteiger partial charge in [0.05, 0.1) is 0 Å². The molecular formula is C8H17N. The Kier molecular flexibility index (Phi) is 4.41. The van der Waals surface area contributed by atoms with E-state index >= 15 is 0 Å². The molecule has 0 heterocycles. The summed E-state index contributed by atoms with van der Waals surface area (Å²) in [5.74, 6) is 0.551. The zero-order chi connectivity index (χ0) is 7.28. The summed E-state index contributed by atoms with van der Waals surface area (Å²) in [5.41, 5.74) is 6.72. The molecule has 0 saturated heterocycles. The molecule has 0 rings (SSSR count). The first-order chi connectivity index (χ1) is 4.22. The van der Waals surface area contributed by atoms with E-state index in [1.165, 1.54) is 18.4 Å². The minimum Gasteiger partial charge on any atom is -0.330 e. The molecule has 0 amide bonds. The van der Waals surface area contributed by atoms with Crippen LogP contribution in [0.15, 0.2) is 12.2 Å². The van der Waals surface area contributed by atoms with Gasteiger partial charge in [0.15, 0.2) is 0 Å². The SMILES string of the molecule is C=C(C)C(CN)CCC. The largest absolute Gasteiger partial charge is 0.330 e. The molecule has 1 unspecified atom stereocenters. The van der Waals surface area contributed by atoms with E-state index in [-0.39, 0.29) is 0 Å². The fourth-order valence-corrected chi connectivity index (χ4v) is 0.914. The van der Waals surface area contributed by atoms with Crippen molar-refractivity contribution < 1.29 is 0 Å². The van der Waals surface area contributed by atoms with Crippen LogP contribution in [0.2, 0.25) is 0 Å². The van der Waals surface area contributed by atoms with E-state index in [2.05, 4.69) is 13.5 Å². The zero-order valence-corrected chi connectivity index (χ0v) is 6.48. The molecule has 0 aliphatic rings. The first kappa shape index (κ1) is 8.70. The van der Waals surface area contributed by atoms with Crippen molar-refractivity contribution in [1.82, 2.24) is 0 Å². The van der Waals surface area contributed by atoms with E-state index in [0.29, 0.717) is 5.92 Å². The minimum atomic E-state index is 0.551. The van der Waals surface area contributed by atoms with E-state index in [4.69, 9.17) is 5.73 Å². The van der Waals surface area contributed by atoms with Gasteiger partial charge in [0, 0.05) is 0 Å². The molecule has 1 heteroatoms. The molecule has 0 fully saturated rings. The molecule has 1 atom stereocenters. The lowest BCUT2D eigenvalue weighted by molar-refractivity contribution is 0.563. The van der Waals surface area contributed by atoms with E-state index in [1.807, 2.05) is 6.92 Å². The summed E-state index contributed by atoms with van der Waals surface area (Å²) < 4.78 is 0. The average molecular weight is 127 g/mol. The minimum absolute atomic E-state index is 0.551. The second kappa shape index (κ2) is 4.57. The highest BCUT2D eigenvalue weighted by Crippen LogP contribution is 2.12. The molecular weight excluding hydrogens is 110 g/mol. The van der Waals surface area contributed by atoms with Gasteiger partial charge >= 0.3 is 0 Å². The highest BCUT2D eigenvalue weighted by molar-refractivity contribution is 4.96. The summed E-state index contributed by atoms with van der Waals surface area (Å²) in [7, 11) is 0. The van der Waals surface area contributed by atoms with Crippen LogP contribution in [0.1, 0.15) is 26.7 Å². The van der Waals surface area contributed by atoms with Crippen LogP contribution >= 0.6 is 0 Å². The van der Waals surface area contributed by atoms with Crippen LogP contribution in [0.5, 0.6) is 0 Å². The summed E-state index contributed by atoms with van der Waals surface area (Å²) >= 11 is 0. The Labute approximate surface area is 57.9 Å². The topological polar surface area (TPSA) is 26.0 Å². The smallest absolute Gasteiger partial charge is 0.00117 e. The van der Waals surface area contributed by atoms with Crippen LogP contribution < -0.4 is 5.73 Å². The Morgan fingerprint density at radius 2 is 2.22 bits per heavy atom. The van der Waals surface area contributed by atoms with E-state index in [9.17, 15) is 0 Å². The third kappa shape index (κ3) is 3.31. The van der Waals surface area contributed by atoms with Crippen molar-refractivity contribution in [2.24, 2.45) is 11.7 Å². The van der Waals surface area contributed by atoms with Crippen LogP contribution in [-0.2, 0) is 0 Å². The maximum Gasteiger partial charge on any atom is -0.00117 e. The van der Waals surface area contributed by atoms with Gasteiger partial charge in [-0.1, -0.05) is 25.5 Å². The highest BCUT2D eigenvalue weighted by atomic mass is 14.5. The molecule has 0 aliphatic carbocycles. The maximum atomic E-state index is 5.50. The molecule has 0 saturated carbocycles. The fraction of sp³-hybridized carbons (Fsp3) is 0.750. The van der Waals surface area contributed by atoms with Gasteiger partial charge in [-0.2, -0.15) is 0 Å². The van der Waals surface area contributed by atoms with Crippen molar-refractivity contribution in [1.29, 1.82) is 0 Å². The Morgan fingerprint density at radius 3 is 2.33 bits per heavy atom. The molecule has 0 aromatic heterocycles. The Hall–Kier alpha value is -0.300. The Morgan fingerprint density at radius 1 is 1.67 bits per heavy atom. The summed E-state index contributed by atoms with van der Waals surface area (Å²) in [6, 6.07) is 0. The molecule has 0 aromatic carbocycles. The highest BCUT2D eigenvalue weighted by Gasteiger charge is 2.03. The van der Waals surface area contributed by atoms with Gasteiger partial charge in [-0.3, -0.25) is 0 Å². The number of hydrogen-bond donors (Lipinski definition) is 1. The van der Waals surface area contributed by atoms with E-state index in [1.54, 1.807) is 0 Å². The van der Waals surface area contributed by atoms with Crippen molar-refractivity contribution in [2.75, 3.05) is 6.54 Å². The summed E-state index contributed by atoms with van der Waals surface area (Å²) in [5, 5.41) is 0. The third-order valence-electron chi connectivity index (χ3n) is 1.62. The predicted octanol–water partition coefficient (Wildman–Crippen LogP) is 1.94. The normalized spacial score (nSPS) is 13.2. The van der Waals surface area contributed by atoms with Gasteiger partial charge in [-0.05, 0) is 25.8 Å². The van der Waals surface area contributed by atoms with Crippen LogP contribution in [0.25, 0.3) is 0 Å². The Bertz CT molecular complexity index is 86.6. The van der Waals surface area contributed by atoms with Gasteiger partial charge < -0.3 is 5.73 Å². The molecule has 9 heavy (non-hydrogen) atoms. The van der Waals surface area contributed by atoms with Gasteiger partial charge in [0.25, 0.3) is 0 Å². The van der Waals surface area contributed by atoms with Gasteiger partial charge in [-0.25, -0.2) is 0 Å². The van der Waals surface area contributed by atoms with Crippen molar-refractivity contribution >= 4 is 0 Å². The van der Waals surface area contributed by atoms with Crippen molar-refractivity contribution in [3.05, 3.63) is 12.2 Å². The molecule has 2 N–H and O–H groups in total. The first-order valence-corrected chi connectivity index (χ1v) is 3.57. The number of rotatable bonds is 4. The van der Waals surface area contributed by atoms with Crippen molar-refractivity contribution in [3.63, 3.8) is 0 Å². The van der Waals surface area contributed by atoms with Crippen LogP contribution in [0.3, 0.4) is 0 Å². The van der Waals surface area contributed by atoms with Crippen LogP contribution in [-0.4, -0.2) is 6.54 Å². The molecule has 0 radical (unpaired) electrons. The second-order valence-corrected chi connectivity index (χ2v) is 2.57. The first-order valence-electron chi connectivity index (χ1n) is 3.57. The number of hydrogen-bond acceptors (Lipinski definition) is 1. The Balaban J connectivity index is 3.54. The lowest BCUT2D eigenvalue weighted by Gasteiger charge is -2.11. The van der Waals surface area contributed by atoms with Crippen LogP contribution in [0.4, 0.5) is 0 Å². The van der Waals surface area contributed by atoms with Crippen LogP contribution in [0, 0.1) is 5.92 Å². The van der Waals surface area contributed by atoms with Gasteiger partial charge in [0.2, 0.25) is 0 Å². The predicted molar refractivity (Wildman–Crippen MR) is 42.3 cm³/mol. The quantitative estimate of drug-likeness (QED) is 0.574. The monoisotopic (exact) mass is 127 g/mol. The number of nitrogens with two attached hydrogens (primary N) is 1. The molecule has 1 nitrogen and oxygen atoms in total. The second-order valence-electron chi connectivity index (χ2n) is 2.57. The summed E-state index contributed by atoms with van der Waals surface area (Å²) in [6.45, 7) is 8.84. The standard InChI is InChI=1S/C8H17N/c1-4-5-8(6-9)7(2)3/h8H,2,4-6,9H2,1,3H3. The van der Waals surface area contributed by atoms with Crippen molar-refractivity contribution in [3.8, 4) is 0 Å². The van der Waals surface area contributed by atoms with E-state index < -0.39 is 0 Å². The van der Waals surface area contributed by atoms with E-state index in [0.717, 1.165) is 6.54 Å². The summed E-state index contributed by atoms with van der Waals surface area (Å²) in [4.78, 5) is 0. The summed E-state index contributed by atoms with van der Waals surface area (Å²) in [6.07, 6.45) is 2.39. The molecule has 54 valence electrons.